The van der Waals surface area contributed by atoms with Gasteiger partial charge in [-0.15, -0.1) is 11.6 Å². The maximum atomic E-state index is 5.71. The summed E-state index contributed by atoms with van der Waals surface area (Å²) in [6, 6.07) is 1.90. The van der Waals surface area contributed by atoms with Crippen LogP contribution in [0, 0.1) is 6.92 Å². The van der Waals surface area contributed by atoms with Crippen molar-refractivity contribution in [3.8, 4) is 0 Å². The average molecular weight is 215 g/mol. The lowest BCUT2D eigenvalue weighted by atomic mass is 10.3. The van der Waals surface area contributed by atoms with Gasteiger partial charge in [-0.25, -0.2) is 9.97 Å². The second-order valence-electron chi connectivity index (χ2n) is 3.00. The van der Waals surface area contributed by atoms with Crippen LogP contribution in [0.4, 0.5) is 0 Å². The van der Waals surface area contributed by atoms with Crippen molar-refractivity contribution in [2.45, 2.75) is 26.1 Å². The molecule has 1 aromatic rings. The molecule has 0 spiro atoms. The van der Waals surface area contributed by atoms with Gasteiger partial charge in [-0.05, 0) is 19.9 Å². The van der Waals surface area contributed by atoms with Crippen molar-refractivity contribution in [1.29, 1.82) is 0 Å². The van der Waals surface area contributed by atoms with Crippen molar-refractivity contribution in [3.05, 3.63) is 23.3 Å². The smallest absolute Gasteiger partial charge is 0.131 e. The monoisotopic (exact) mass is 214 g/mol. The van der Waals surface area contributed by atoms with Crippen LogP contribution in [0.2, 0.25) is 0 Å². The maximum absolute atomic E-state index is 5.71. The Morgan fingerprint density at radius 2 is 2.21 bits per heavy atom. The zero-order chi connectivity index (χ0) is 10.4. The molecule has 0 N–H and O–H groups in total. The van der Waals surface area contributed by atoms with Crippen molar-refractivity contribution < 1.29 is 4.74 Å². The Bertz CT molecular complexity index is 291. The van der Waals surface area contributed by atoms with E-state index in [1.54, 1.807) is 0 Å². The molecule has 0 atom stereocenters. The molecule has 3 nitrogen and oxygen atoms in total. The van der Waals surface area contributed by atoms with Gasteiger partial charge < -0.3 is 4.74 Å². The predicted octanol–water partition coefficient (Wildman–Crippen LogP) is 2.10. The van der Waals surface area contributed by atoms with Gasteiger partial charge in [-0.3, -0.25) is 0 Å². The Hall–Kier alpha value is -0.670. The van der Waals surface area contributed by atoms with Gasteiger partial charge in [0.25, 0.3) is 0 Å². The Balaban J connectivity index is 2.62. The molecule has 0 aliphatic rings. The van der Waals surface area contributed by atoms with Crippen molar-refractivity contribution in [2.24, 2.45) is 0 Å². The predicted molar refractivity (Wildman–Crippen MR) is 56.5 cm³/mol. The van der Waals surface area contributed by atoms with Crippen molar-refractivity contribution >= 4 is 11.6 Å². The van der Waals surface area contributed by atoms with Crippen molar-refractivity contribution in [2.75, 3.05) is 13.2 Å². The van der Waals surface area contributed by atoms with Crippen LogP contribution in [0.5, 0.6) is 0 Å². The molecule has 14 heavy (non-hydrogen) atoms. The number of halogens is 1. The van der Waals surface area contributed by atoms with Gasteiger partial charge in [-0.1, -0.05) is 0 Å². The van der Waals surface area contributed by atoms with Crippen LogP contribution in [-0.4, -0.2) is 23.2 Å². The number of aromatic nitrogens is 2. The highest BCUT2D eigenvalue weighted by Gasteiger charge is 2.01. The molecular weight excluding hydrogens is 200 g/mol. The molecule has 0 aliphatic heterocycles. The number of hydrogen-bond donors (Lipinski definition) is 0. The van der Waals surface area contributed by atoms with Crippen LogP contribution < -0.4 is 0 Å². The number of aryl methyl sites for hydroxylation is 1. The molecule has 0 aliphatic carbocycles. The third kappa shape index (κ3) is 3.60. The van der Waals surface area contributed by atoms with E-state index in [-0.39, 0.29) is 0 Å². The Morgan fingerprint density at radius 3 is 2.86 bits per heavy atom. The van der Waals surface area contributed by atoms with E-state index in [9.17, 15) is 0 Å². The lowest BCUT2D eigenvalue weighted by Gasteiger charge is -2.03. The van der Waals surface area contributed by atoms with Gasteiger partial charge in [0.2, 0.25) is 0 Å². The summed E-state index contributed by atoms with van der Waals surface area (Å²) in [7, 11) is 0. The largest absolute Gasteiger partial charge is 0.381 e. The summed E-state index contributed by atoms with van der Waals surface area (Å²) >= 11 is 5.71. The van der Waals surface area contributed by atoms with E-state index in [2.05, 4.69) is 9.97 Å². The highest BCUT2D eigenvalue weighted by Crippen LogP contribution is 2.04. The standard InChI is InChI=1S/C10H15ClN2O/c1-3-14-5-4-10-12-8(2)6-9(7-11)13-10/h6H,3-5,7H2,1-2H3. The quantitative estimate of drug-likeness (QED) is 0.556. The SMILES string of the molecule is CCOCCc1nc(C)cc(CCl)n1. The van der Waals surface area contributed by atoms with E-state index in [0.717, 1.165) is 30.2 Å². The normalized spacial score (nSPS) is 10.5. The van der Waals surface area contributed by atoms with Gasteiger partial charge in [0, 0.05) is 18.7 Å². The number of hydrogen-bond acceptors (Lipinski definition) is 3. The van der Waals surface area contributed by atoms with Crippen LogP contribution in [0.3, 0.4) is 0 Å². The summed E-state index contributed by atoms with van der Waals surface area (Å²) in [5.74, 6) is 1.25. The molecule has 0 bridgehead atoms. The lowest BCUT2D eigenvalue weighted by molar-refractivity contribution is 0.149. The van der Waals surface area contributed by atoms with Crippen molar-refractivity contribution in [3.63, 3.8) is 0 Å². The van der Waals surface area contributed by atoms with Gasteiger partial charge in [0.05, 0.1) is 18.2 Å². The van der Waals surface area contributed by atoms with Crippen LogP contribution in [0.25, 0.3) is 0 Å². The van der Waals surface area contributed by atoms with Gasteiger partial charge in [-0.2, -0.15) is 0 Å². The average Bonchev–Trinajstić information content (AvgIpc) is 2.17. The third-order valence-corrected chi connectivity index (χ3v) is 2.04. The van der Waals surface area contributed by atoms with Crippen LogP contribution in [-0.2, 0) is 17.0 Å². The van der Waals surface area contributed by atoms with E-state index in [0.29, 0.717) is 12.5 Å². The minimum absolute atomic E-state index is 0.436. The molecule has 0 fully saturated rings. The lowest BCUT2D eigenvalue weighted by Crippen LogP contribution is -2.05. The summed E-state index contributed by atoms with van der Waals surface area (Å²) in [6.45, 7) is 5.32. The topological polar surface area (TPSA) is 35.0 Å². The number of nitrogens with zero attached hydrogens (tertiary/aromatic N) is 2. The Labute approximate surface area is 89.5 Å². The summed E-state index contributed by atoms with van der Waals surface area (Å²) in [6.07, 6.45) is 0.749. The first-order chi connectivity index (χ1) is 6.76. The van der Waals surface area contributed by atoms with E-state index >= 15 is 0 Å². The highest BCUT2D eigenvalue weighted by molar-refractivity contribution is 6.16. The fraction of sp³-hybridized carbons (Fsp3) is 0.600. The number of alkyl halides is 1. The van der Waals surface area contributed by atoms with E-state index in [1.807, 2.05) is 19.9 Å². The zero-order valence-electron chi connectivity index (χ0n) is 8.59. The highest BCUT2D eigenvalue weighted by atomic mass is 35.5. The maximum Gasteiger partial charge on any atom is 0.131 e. The van der Waals surface area contributed by atoms with E-state index in [4.69, 9.17) is 16.3 Å². The number of ether oxygens (including phenoxy) is 1. The second-order valence-corrected chi connectivity index (χ2v) is 3.26. The molecule has 0 aromatic carbocycles. The summed E-state index contributed by atoms with van der Waals surface area (Å²) < 4.78 is 5.24. The molecule has 78 valence electrons. The van der Waals surface area contributed by atoms with Crippen molar-refractivity contribution in [1.82, 2.24) is 9.97 Å². The summed E-state index contributed by atoms with van der Waals surface area (Å²) in [5.41, 5.74) is 1.84. The first-order valence-corrected chi connectivity index (χ1v) is 5.27. The van der Waals surface area contributed by atoms with Gasteiger partial charge >= 0.3 is 0 Å². The zero-order valence-corrected chi connectivity index (χ0v) is 9.34. The molecule has 1 aromatic heterocycles. The molecule has 0 saturated heterocycles. The molecular formula is C10H15ClN2O. The molecule has 1 rings (SSSR count). The second kappa shape index (κ2) is 5.94. The number of rotatable bonds is 5. The summed E-state index contributed by atoms with van der Waals surface area (Å²) in [5, 5.41) is 0. The molecule has 0 saturated carbocycles. The molecule has 0 unspecified atom stereocenters. The molecule has 0 amide bonds. The first-order valence-electron chi connectivity index (χ1n) is 4.73. The fourth-order valence-corrected chi connectivity index (χ4v) is 1.32. The summed E-state index contributed by atoms with van der Waals surface area (Å²) in [4.78, 5) is 8.60. The fourth-order valence-electron chi connectivity index (χ4n) is 1.19. The Morgan fingerprint density at radius 1 is 1.43 bits per heavy atom. The van der Waals surface area contributed by atoms with Gasteiger partial charge in [0.15, 0.2) is 0 Å². The first kappa shape index (κ1) is 11.4. The molecule has 1 heterocycles. The van der Waals surface area contributed by atoms with Gasteiger partial charge in [0.1, 0.15) is 5.82 Å². The Kier molecular flexibility index (Phi) is 4.84. The van der Waals surface area contributed by atoms with Crippen LogP contribution >= 0.6 is 11.6 Å². The van der Waals surface area contributed by atoms with Crippen LogP contribution in [0.1, 0.15) is 24.1 Å². The third-order valence-electron chi connectivity index (χ3n) is 1.76. The van der Waals surface area contributed by atoms with E-state index < -0.39 is 0 Å². The van der Waals surface area contributed by atoms with E-state index in [1.165, 1.54) is 0 Å². The minimum atomic E-state index is 0.436. The molecule has 0 radical (unpaired) electrons. The molecule has 4 heteroatoms. The minimum Gasteiger partial charge on any atom is -0.381 e. The van der Waals surface area contributed by atoms with Crippen LogP contribution in [0.15, 0.2) is 6.07 Å².